The monoisotopic (exact) mass is 519 g/mol. The standard InChI is InChI=1S/C26H33NO8S/c1-3-4-15-34-26(29)23-9-5-6-10-24(23)36(30,31)35-21-13-11-20(12-14-21)17-27(25(28)19-32-2)18-22-8-7-16-33-22/h5-6,9-14,22H,3-4,7-8,15-19H2,1-2H3. The number of esters is 1. The molecule has 1 atom stereocenters. The van der Waals surface area contributed by atoms with Gasteiger partial charge in [0.2, 0.25) is 5.91 Å². The molecule has 10 heteroatoms. The SMILES string of the molecule is CCCCOC(=O)c1ccccc1S(=O)(=O)Oc1ccc(CN(CC2CCCO2)C(=O)COC)cc1. The van der Waals surface area contributed by atoms with Gasteiger partial charge < -0.3 is 23.3 Å². The second-order valence-electron chi connectivity index (χ2n) is 8.51. The van der Waals surface area contributed by atoms with Crippen molar-refractivity contribution < 1.29 is 36.4 Å². The van der Waals surface area contributed by atoms with Crippen LogP contribution < -0.4 is 4.18 Å². The van der Waals surface area contributed by atoms with Crippen molar-refractivity contribution in [2.75, 3.05) is 33.5 Å². The molecule has 1 fully saturated rings. The minimum atomic E-state index is -4.29. The number of carbonyl (C=O) groups is 2. The molecule has 0 radical (unpaired) electrons. The maximum Gasteiger partial charge on any atom is 0.340 e. The average Bonchev–Trinajstić information content (AvgIpc) is 3.38. The second-order valence-corrected chi connectivity index (χ2v) is 10.0. The molecule has 0 N–H and O–H groups in total. The first-order valence-corrected chi connectivity index (χ1v) is 13.4. The summed E-state index contributed by atoms with van der Waals surface area (Å²) in [5.74, 6) is -0.784. The van der Waals surface area contributed by atoms with Gasteiger partial charge in [-0.25, -0.2) is 4.79 Å². The fourth-order valence-electron chi connectivity index (χ4n) is 3.79. The van der Waals surface area contributed by atoms with E-state index in [4.69, 9.17) is 18.4 Å². The number of carbonyl (C=O) groups excluding carboxylic acids is 2. The van der Waals surface area contributed by atoms with Gasteiger partial charge in [-0.15, -0.1) is 0 Å². The van der Waals surface area contributed by atoms with E-state index >= 15 is 0 Å². The largest absolute Gasteiger partial charge is 0.462 e. The lowest BCUT2D eigenvalue weighted by Gasteiger charge is -2.25. The molecule has 0 aromatic heterocycles. The highest BCUT2D eigenvalue weighted by atomic mass is 32.2. The lowest BCUT2D eigenvalue weighted by atomic mass is 10.1. The zero-order chi connectivity index (χ0) is 26.0. The molecule has 1 amide bonds. The Morgan fingerprint density at radius 1 is 1.11 bits per heavy atom. The highest BCUT2D eigenvalue weighted by Gasteiger charge is 2.26. The van der Waals surface area contributed by atoms with Crippen LogP contribution in [-0.2, 0) is 35.7 Å². The summed E-state index contributed by atoms with van der Waals surface area (Å²) in [6.45, 7) is 3.61. The molecule has 1 unspecified atom stereocenters. The Morgan fingerprint density at radius 3 is 2.53 bits per heavy atom. The molecule has 3 rings (SSSR count). The lowest BCUT2D eigenvalue weighted by Crippen LogP contribution is -2.38. The summed E-state index contributed by atoms with van der Waals surface area (Å²) < 4.78 is 47.1. The van der Waals surface area contributed by atoms with E-state index < -0.39 is 16.1 Å². The maximum absolute atomic E-state index is 13.0. The summed E-state index contributed by atoms with van der Waals surface area (Å²) in [5, 5.41) is 0. The number of rotatable bonds is 13. The number of ether oxygens (including phenoxy) is 3. The first-order valence-electron chi connectivity index (χ1n) is 12.0. The molecule has 1 saturated heterocycles. The molecule has 36 heavy (non-hydrogen) atoms. The average molecular weight is 520 g/mol. The Labute approximate surface area is 212 Å². The quantitative estimate of drug-likeness (QED) is 0.225. The summed E-state index contributed by atoms with van der Waals surface area (Å²) in [7, 11) is -2.82. The van der Waals surface area contributed by atoms with Crippen LogP contribution in [0.25, 0.3) is 0 Å². The zero-order valence-electron chi connectivity index (χ0n) is 20.7. The van der Waals surface area contributed by atoms with Crippen LogP contribution in [0.4, 0.5) is 0 Å². The van der Waals surface area contributed by atoms with Crippen LogP contribution in [0.5, 0.6) is 5.75 Å². The number of hydrogen-bond acceptors (Lipinski definition) is 8. The minimum absolute atomic E-state index is 0.00714. The normalized spacial score (nSPS) is 15.4. The first kappa shape index (κ1) is 27.6. The summed E-state index contributed by atoms with van der Waals surface area (Å²) in [6, 6.07) is 12.2. The van der Waals surface area contributed by atoms with E-state index in [1.165, 1.54) is 37.4 Å². The zero-order valence-corrected chi connectivity index (χ0v) is 21.5. The predicted molar refractivity (Wildman–Crippen MR) is 132 cm³/mol. The number of methoxy groups -OCH3 is 1. The molecule has 196 valence electrons. The van der Waals surface area contributed by atoms with E-state index in [1.807, 2.05) is 6.92 Å². The van der Waals surface area contributed by atoms with E-state index in [0.29, 0.717) is 26.1 Å². The van der Waals surface area contributed by atoms with E-state index in [-0.39, 0.29) is 41.4 Å². The van der Waals surface area contributed by atoms with Crippen LogP contribution in [-0.4, -0.2) is 64.8 Å². The van der Waals surface area contributed by atoms with Crippen LogP contribution >= 0.6 is 0 Å². The maximum atomic E-state index is 13.0. The van der Waals surface area contributed by atoms with Crippen LogP contribution in [0.1, 0.15) is 48.5 Å². The Balaban J connectivity index is 1.70. The number of nitrogens with zero attached hydrogens (tertiary/aromatic N) is 1. The van der Waals surface area contributed by atoms with Gasteiger partial charge in [-0.3, -0.25) is 4.79 Å². The Kier molecular flexibility index (Phi) is 10.3. The van der Waals surface area contributed by atoms with Crippen molar-refractivity contribution in [1.82, 2.24) is 4.90 Å². The summed E-state index contributed by atoms with van der Waals surface area (Å²) >= 11 is 0. The van der Waals surface area contributed by atoms with Gasteiger partial charge in [0.05, 0.1) is 18.3 Å². The van der Waals surface area contributed by atoms with Gasteiger partial charge in [-0.2, -0.15) is 8.42 Å². The van der Waals surface area contributed by atoms with Gasteiger partial charge in [-0.05, 0) is 49.1 Å². The second kappa shape index (κ2) is 13.4. The van der Waals surface area contributed by atoms with Crippen LogP contribution in [0, 0.1) is 0 Å². The fourth-order valence-corrected chi connectivity index (χ4v) is 4.91. The highest BCUT2D eigenvalue weighted by molar-refractivity contribution is 7.87. The van der Waals surface area contributed by atoms with E-state index in [0.717, 1.165) is 24.8 Å². The number of amides is 1. The van der Waals surface area contributed by atoms with E-state index in [1.54, 1.807) is 23.1 Å². The van der Waals surface area contributed by atoms with E-state index in [2.05, 4.69) is 0 Å². The molecule has 1 aliphatic rings. The topological polar surface area (TPSA) is 108 Å². The van der Waals surface area contributed by atoms with Crippen LogP contribution in [0.15, 0.2) is 53.4 Å². The molecule has 0 saturated carbocycles. The van der Waals surface area contributed by atoms with Gasteiger partial charge in [0.15, 0.2) is 0 Å². The molecule has 2 aromatic carbocycles. The van der Waals surface area contributed by atoms with Gasteiger partial charge >= 0.3 is 16.1 Å². The minimum Gasteiger partial charge on any atom is -0.462 e. The van der Waals surface area contributed by atoms with Crippen molar-refractivity contribution in [3.05, 3.63) is 59.7 Å². The molecule has 1 aliphatic heterocycles. The molecule has 0 aliphatic carbocycles. The molecule has 2 aromatic rings. The highest BCUT2D eigenvalue weighted by Crippen LogP contribution is 2.23. The first-order chi connectivity index (χ1) is 17.3. The van der Waals surface area contributed by atoms with Gasteiger partial charge in [0.1, 0.15) is 17.3 Å². The van der Waals surface area contributed by atoms with Gasteiger partial charge in [0.25, 0.3) is 0 Å². The van der Waals surface area contributed by atoms with Crippen molar-refractivity contribution in [1.29, 1.82) is 0 Å². The summed E-state index contributed by atoms with van der Waals surface area (Å²) in [4.78, 5) is 26.4. The molecular formula is C26H33NO8S. The third-order valence-electron chi connectivity index (χ3n) is 5.68. The van der Waals surface area contributed by atoms with Crippen LogP contribution in [0.2, 0.25) is 0 Å². The molecular weight excluding hydrogens is 486 g/mol. The van der Waals surface area contributed by atoms with Crippen molar-refractivity contribution in [2.24, 2.45) is 0 Å². The lowest BCUT2D eigenvalue weighted by molar-refractivity contribution is -0.137. The van der Waals surface area contributed by atoms with Crippen molar-refractivity contribution in [3.63, 3.8) is 0 Å². The summed E-state index contributed by atoms with van der Waals surface area (Å²) in [5.41, 5.74) is 0.716. The third kappa shape index (κ3) is 7.78. The van der Waals surface area contributed by atoms with Gasteiger partial charge in [-0.1, -0.05) is 37.6 Å². The number of benzene rings is 2. The molecule has 9 nitrogen and oxygen atoms in total. The summed E-state index contributed by atoms with van der Waals surface area (Å²) in [6.07, 6.45) is 3.39. The Bertz CT molecular complexity index is 1110. The van der Waals surface area contributed by atoms with Gasteiger partial charge in [0, 0.05) is 26.8 Å². The molecule has 1 heterocycles. The Morgan fingerprint density at radius 2 is 1.86 bits per heavy atom. The third-order valence-corrected chi connectivity index (χ3v) is 6.99. The van der Waals surface area contributed by atoms with E-state index in [9.17, 15) is 18.0 Å². The number of hydrogen-bond donors (Lipinski definition) is 0. The molecule has 0 bridgehead atoms. The molecule has 0 spiro atoms. The van der Waals surface area contributed by atoms with Crippen molar-refractivity contribution in [3.8, 4) is 5.75 Å². The number of unbranched alkanes of at least 4 members (excludes halogenated alkanes) is 1. The fraction of sp³-hybridized carbons (Fsp3) is 0.462. The Hall–Kier alpha value is -2.95. The smallest absolute Gasteiger partial charge is 0.340 e. The van der Waals surface area contributed by atoms with Crippen molar-refractivity contribution >= 4 is 22.0 Å². The van der Waals surface area contributed by atoms with Crippen molar-refractivity contribution in [2.45, 2.75) is 50.2 Å². The predicted octanol–water partition coefficient (Wildman–Crippen LogP) is 3.57. The van der Waals surface area contributed by atoms with Crippen LogP contribution in [0.3, 0.4) is 0 Å².